The minimum Gasteiger partial charge on any atom is -0.383 e. The summed E-state index contributed by atoms with van der Waals surface area (Å²) < 4.78 is 6.37. The molecule has 0 spiro atoms. The molecule has 1 amide bonds. The number of rotatable bonds is 6. The first-order valence-electron chi connectivity index (χ1n) is 9.14. The lowest BCUT2D eigenvalue weighted by atomic mass is 10.1. The molecule has 0 radical (unpaired) electrons. The minimum atomic E-state index is -0.714. The number of nitrogens with two attached hydrogens (primary N) is 1. The Hall–Kier alpha value is -3.69. The standard InChI is InChI=1S/C19H22N6O4/c1-4-5-10-25-15(20)14(16(26)22-19(25)28)24(3)18(27)13-8-6-12(7-9-13)17-21-11(2)23-29-17/h6-9H,4-5,10,20H2,1-3H3,(H,22,26,28). The fourth-order valence-corrected chi connectivity index (χ4v) is 2.90. The van der Waals surface area contributed by atoms with Crippen molar-refractivity contribution in [2.45, 2.75) is 33.2 Å². The molecule has 3 aromatic rings. The molecule has 0 bridgehead atoms. The third-order valence-corrected chi connectivity index (χ3v) is 4.50. The van der Waals surface area contributed by atoms with Gasteiger partial charge in [-0.2, -0.15) is 4.98 Å². The van der Waals surface area contributed by atoms with Gasteiger partial charge in [0.15, 0.2) is 11.5 Å². The second-order valence-electron chi connectivity index (χ2n) is 6.59. The zero-order chi connectivity index (χ0) is 21.1. The molecule has 2 heterocycles. The second kappa shape index (κ2) is 8.13. The number of aryl methyl sites for hydroxylation is 1. The second-order valence-corrected chi connectivity index (χ2v) is 6.59. The summed E-state index contributed by atoms with van der Waals surface area (Å²) in [5, 5.41) is 3.73. The Labute approximate surface area is 166 Å². The van der Waals surface area contributed by atoms with Crippen molar-refractivity contribution < 1.29 is 9.32 Å². The predicted octanol–water partition coefficient (Wildman–Crippen LogP) is 1.55. The van der Waals surface area contributed by atoms with Crippen LogP contribution in [0.15, 0.2) is 38.4 Å². The highest BCUT2D eigenvalue weighted by Gasteiger charge is 2.22. The summed E-state index contributed by atoms with van der Waals surface area (Å²) in [6.45, 7) is 4.04. The average Bonchev–Trinajstić information content (AvgIpc) is 3.13. The van der Waals surface area contributed by atoms with E-state index in [1.165, 1.54) is 11.6 Å². The number of aromatic nitrogens is 4. The van der Waals surface area contributed by atoms with Gasteiger partial charge >= 0.3 is 5.69 Å². The Morgan fingerprint density at radius 1 is 1.28 bits per heavy atom. The molecule has 0 fully saturated rings. The van der Waals surface area contributed by atoms with Crippen LogP contribution >= 0.6 is 0 Å². The molecule has 3 N–H and O–H groups in total. The van der Waals surface area contributed by atoms with Crippen LogP contribution in [0.3, 0.4) is 0 Å². The van der Waals surface area contributed by atoms with Gasteiger partial charge in [0.25, 0.3) is 17.4 Å². The van der Waals surface area contributed by atoms with Crippen LogP contribution in [0.5, 0.6) is 0 Å². The van der Waals surface area contributed by atoms with Gasteiger partial charge < -0.3 is 15.2 Å². The summed E-state index contributed by atoms with van der Waals surface area (Å²) in [5.41, 5.74) is 5.69. The highest BCUT2D eigenvalue weighted by molar-refractivity contribution is 6.07. The van der Waals surface area contributed by atoms with E-state index in [1.54, 1.807) is 31.2 Å². The van der Waals surface area contributed by atoms with Crippen LogP contribution < -0.4 is 21.9 Å². The van der Waals surface area contributed by atoms with E-state index in [2.05, 4.69) is 15.1 Å². The number of benzene rings is 1. The fourth-order valence-electron chi connectivity index (χ4n) is 2.90. The molecule has 2 aromatic heterocycles. The molecular formula is C19H22N6O4. The minimum absolute atomic E-state index is 0.0407. The molecule has 0 aliphatic carbocycles. The quantitative estimate of drug-likeness (QED) is 0.642. The first-order valence-corrected chi connectivity index (χ1v) is 9.14. The van der Waals surface area contributed by atoms with Gasteiger partial charge in [0.05, 0.1) is 0 Å². The topological polar surface area (TPSA) is 140 Å². The summed E-state index contributed by atoms with van der Waals surface area (Å²) >= 11 is 0. The predicted molar refractivity (Wildman–Crippen MR) is 108 cm³/mol. The lowest BCUT2D eigenvalue weighted by Crippen LogP contribution is -2.39. The lowest BCUT2D eigenvalue weighted by molar-refractivity contribution is 0.0992. The number of nitrogens with one attached hydrogen (secondary N) is 1. The third kappa shape index (κ3) is 3.96. The normalized spacial score (nSPS) is 10.9. The smallest absolute Gasteiger partial charge is 0.330 e. The van der Waals surface area contributed by atoms with Crippen molar-refractivity contribution in [2.75, 3.05) is 17.7 Å². The number of H-pyrrole nitrogens is 1. The van der Waals surface area contributed by atoms with Crippen molar-refractivity contribution >= 4 is 17.4 Å². The third-order valence-electron chi connectivity index (χ3n) is 4.50. The molecule has 29 heavy (non-hydrogen) atoms. The number of unbranched alkanes of at least 4 members (excludes halogenated alkanes) is 1. The molecule has 0 saturated carbocycles. The summed E-state index contributed by atoms with van der Waals surface area (Å²) in [6.07, 6.45) is 1.56. The van der Waals surface area contributed by atoms with Gasteiger partial charge in [-0.05, 0) is 37.6 Å². The average molecular weight is 398 g/mol. The number of anilines is 2. The van der Waals surface area contributed by atoms with E-state index in [0.717, 1.165) is 11.3 Å². The van der Waals surface area contributed by atoms with E-state index >= 15 is 0 Å². The SMILES string of the molecule is CCCCn1c(N)c(N(C)C(=O)c2ccc(-c3nc(C)no3)cc2)c(=O)[nH]c1=O. The largest absolute Gasteiger partial charge is 0.383 e. The number of nitrogens with zero attached hydrogens (tertiary/aromatic N) is 4. The van der Waals surface area contributed by atoms with Crippen LogP contribution in [-0.4, -0.2) is 32.6 Å². The van der Waals surface area contributed by atoms with E-state index in [0.29, 0.717) is 35.8 Å². The van der Waals surface area contributed by atoms with Crippen LogP contribution in [0.4, 0.5) is 11.5 Å². The van der Waals surface area contributed by atoms with Crippen LogP contribution in [0, 0.1) is 6.92 Å². The van der Waals surface area contributed by atoms with Crippen LogP contribution in [0.25, 0.3) is 11.5 Å². The van der Waals surface area contributed by atoms with E-state index < -0.39 is 17.2 Å². The maximum absolute atomic E-state index is 12.9. The molecule has 0 atom stereocenters. The molecule has 0 unspecified atom stereocenters. The first kappa shape index (κ1) is 20.1. The Kier molecular flexibility index (Phi) is 5.62. The Balaban J connectivity index is 1.92. The summed E-state index contributed by atoms with van der Waals surface area (Å²) in [7, 11) is 1.44. The van der Waals surface area contributed by atoms with Crippen LogP contribution in [0.2, 0.25) is 0 Å². The van der Waals surface area contributed by atoms with Gasteiger partial charge in [0, 0.05) is 24.7 Å². The van der Waals surface area contributed by atoms with Crippen molar-refractivity contribution in [2.24, 2.45) is 0 Å². The van der Waals surface area contributed by atoms with Crippen molar-refractivity contribution in [1.82, 2.24) is 19.7 Å². The maximum atomic E-state index is 12.9. The first-order chi connectivity index (χ1) is 13.8. The Morgan fingerprint density at radius 3 is 2.55 bits per heavy atom. The van der Waals surface area contributed by atoms with Crippen LogP contribution in [-0.2, 0) is 6.54 Å². The summed E-state index contributed by atoms with van der Waals surface area (Å²) in [5.74, 6) is 0.364. The van der Waals surface area contributed by atoms with Crippen LogP contribution in [0.1, 0.15) is 35.9 Å². The summed E-state index contributed by atoms with van der Waals surface area (Å²) in [6, 6.07) is 6.52. The van der Waals surface area contributed by atoms with Crippen molar-refractivity contribution in [3.63, 3.8) is 0 Å². The van der Waals surface area contributed by atoms with E-state index in [-0.39, 0.29) is 11.5 Å². The fraction of sp³-hybridized carbons (Fsp3) is 0.316. The zero-order valence-corrected chi connectivity index (χ0v) is 16.4. The number of carbonyl (C=O) groups excluding carboxylic acids is 1. The highest BCUT2D eigenvalue weighted by atomic mass is 16.5. The molecule has 152 valence electrons. The van der Waals surface area contributed by atoms with Crippen molar-refractivity contribution in [1.29, 1.82) is 0 Å². The maximum Gasteiger partial charge on any atom is 0.330 e. The number of hydrogen-bond acceptors (Lipinski definition) is 7. The number of hydrogen-bond donors (Lipinski definition) is 2. The molecule has 10 nitrogen and oxygen atoms in total. The monoisotopic (exact) mass is 398 g/mol. The van der Waals surface area contributed by atoms with E-state index in [4.69, 9.17) is 10.3 Å². The zero-order valence-electron chi connectivity index (χ0n) is 16.4. The van der Waals surface area contributed by atoms with Gasteiger partial charge in [-0.15, -0.1) is 0 Å². The molecule has 3 rings (SSSR count). The molecule has 0 saturated heterocycles. The molecule has 0 aliphatic heterocycles. The lowest BCUT2D eigenvalue weighted by Gasteiger charge is -2.20. The van der Waals surface area contributed by atoms with E-state index in [1.807, 2.05) is 6.92 Å². The van der Waals surface area contributed by atoms with Gasteiger partial charge in [0.1, 0.15) is 5.82 Å². The molecular weight excluding hydrogens is 376 g/mol. The number of aromatic amines is 1. The summed E-state index contributed by atoms with van der Waals surface area (Å²) in [4.78, 5) is 44.8. The Bertz CT molecular complexity index is 1140. The number of carbonyl (C=O) groups is 1. The van der Waals surface area contributed by atoms with E-state index in [9.17, 15) is 14.4 Å². The van der Waals surface area contributed by atoms with Crippen molar-refractivity contribution in [3.05, 3.63) is 56.5 Å². The van der Waals surface area contributed by atoms with Gasteiger partial charge in [0.2, 0.25) is 0 Å². The molecule has 1 aromatic carbocycles. The van der Waals surface area contributed by atoms with Gasteiger partial charge in [-0.3, -0.25) is 19.1 Å². The highest BCUT2D eigenvalue weighted by Crippen LogP contribution is 2.21. The van der Waals surface area contributed by atoms with Crippen molar-refractivity contribution in [3.8, 4) is 11.5 Å². The molecule has 0 aliphatic rings. The van der Waals surface area contributed by atoms with Gasteiger partial charge in [-0.25, -0.2) is 4.79 Å². The van der Waals surface area contributed by atoms with Gasteiger partial charge in [-0.1, -0.05) is 18.5 Å². The Morgan fingerprint density at radius 2 is 1.97 bits per heavy atom. The number of nitrogen functional groups attached to an aromatic ring is 1. The number of amides is 1. The molecule has 10 heteroatoms.